The number of rotatable bonds is 4. The van der Waals surface area contributed by atoms with Crippen molar-refractivity contribution < 1.29 is 14.7 Å². The zero-order chi connectivity index (χ0) is 11.4. The van der Waals surface area contributed by atoms with Crippen LogP contribution in [0.25, 0.3) is 0 Å². The van der Waals surface area contributed by atoms with Gasteiger partial charge in [0.2, 0.25) is 0 Å². The zero-order valence-electron chi connectivity index (χ0n) is 8.83. The van der Waals surface area contributed by atoms with Crippen molar-refractivity contribution >= 4 is 23.3 Å². The lowest BCUT2D eigenvalue weighted by Gasteiger charge is -2.14. The summed E-state index contributed by atoms with van der Waals surface area (Å²) in [5, 5.41) is 17.7. The van der Waals surface area contributed by atoms with Crippen LogP contribution in [-0.2, 0) is 12.8 Å². The maximum Gasteiger partial charge on any atom is 0.707 e. The van der Waals surface area contributed by atoms with Crippen molar-refractivity contribution in [1.29, 1.82) is 0 Å². The first kappa shape index (κ1) is 12.6. The minimum absolute atomic E-state index is 0.582. The Labute approximate surface area is 98.4 Å². The third kappa shape index (κ3) is 3.22. The summed E-state index contributed by atoms with van der Waals surface area (Å²) in [5.41, 5.74) is 1.93. The van der Waals surface area contributed by atoms with Gasteiger partial charge in [0.25, 0.3) is 0 Å². The molecule has 0 spiro atoms. The van der Waals surface area contributed by atoms with Gasteiger partial charge >= 0.3 is 7.32 Å². The summed E-state index contributed by atoms with van der Waals surface area (Å²) in [4.78, 5) is 0. The van der Waals surface area contributed by atoms with Crippen molar-refractivity contribution in [3.8, 4) is 5.75 Å². The van der Waals surface area contributed by atoms with E-state index in [1.807, 2.05) is 26.0 Å². The van der Waals surface area contributed by atoms with Gasteiger partial charge in [0.05, 0.1) is 0 Å². The van der Waals surface area contributed by atoms with E-state index in [0.717, 1.165) is 28.4 Å². The fourth-order valence-corrected chi connectivity index (χ4v) is 2.05. The first-order chi connectivity index (χ1) is 7.08. The van der Waals surface area contributed by atoms with Gasteiger partial charge in [-0.3, -0.25) is 0 Å². The molecule has 0 aliphatic carbocycles. The molecule has 15 heavy (non-hydrogen) atoms. The van der Waals surface area contributed by atoms with Crippen molar-refractivity contribution in [3.05, 3.63) is 27.7 Å². The van der Waals surface area contributed by atoms with Gasteiger partial charge in [-0.05, 0) is 36.1 Å². The van der Waals surface area contributed by atoms with Crippen molar-refractivity contribution in [2.45, 2.75) is 26.7 Å². The second-order valence-corrected chi connectivity index (χ2v) is 4.12. The van der Waals surface area contributed by atoms with E-state index < -0.39 is 7.32 Å². The van der Waals surface area contributed by atoms with Gasteiger partial charge in [-0.2, -0.15) is 0 Å². The van der Waals surface area contributed by atoms with Crippen LogP contribution < -0.4 is 4.65 Å². The molecule has 82 valence electrons. The van der Waals surface area contributed by atoms with Crippen LogP contribution in [0.2, 0.25) is 0 Å². The highest BCUT2D eigenvalue weighted by Gasteiger charge is 2.17. The summed E-state index contributed by atoms with van der Waals surface area (Å²) < 4.78 is 5.99. The smallest absolute Gasteiger partial charge is 0.512 e. The van der Waals surface area contributed by atoms with Gasteiger partial charge < -0.3 is 14.7 Å². The maximum atomic E-state index is 8.84. The van der Waals surface area contributed by atoms with Crippen molar-refractivity contribution in [3.63, 3.8) is 0 Å². The molecule has 0 aromatic heterocycles. The highest BCUT2D eigenvalue weighted by Crippen LogP contribution is 2.29. The van der Waals surface area contributed by atoms with E-state index in [0.29, 0.717) is 5.75 Å². The van der Waals surface area contributed by atoms with Gasteiger partial charge in [0, 0.05) is 4.47 Å². The van der Waals surface area contributed by atoms with Gasteiger partial charge in [0.1, 0.15) is 5.75 Å². The number of hydrogen-bond donors (Lipinski definition) is 2. The molecule has 0 fully saturated rings. The largest absolute Gasteiger partial charge is 0.707 e. The van der Waals surface area contributed by atoms with Crippen LogP contribution in [0, 0.1) is 0 Å². The molecule has 0 saturated carbocycles. The van der Waals surface area contributed by atoms with Crippen LogP contribution in [0.15, 0.2) is 16.6 Å². The van der Waals surface area contributed by atoms with Crippen molar-refractivity contribution in [1.82, 2.24) is 0 Å². The normalized spacial score (nSPS) is 10.2. The van der Waals surface area contributed by atoms with Crippen LogP contribution in [0.4, 0.5) is 0 Å². The van der Waals surface area contributed by atoms with Gasteiger partial charge in [0.15, 0.2) is 0 Å². The molecule has 1 aromatic rings. The minimum atomic E-state index is -1.76. The predicted molar refractivity (Wildman–Crippen MR) is 63.7 cm³/mol. The lowest BCUT2D eigenvalue weighted by molar-refractivity contribution is 0.285. The van der Waals surface area contributed by atoms with E-state index in [-0.39, 0.29) is 0 Å². The molecular weight excluding hydrogens is 259 g/mol. The average molecular weight is 273 g/mol. The Bertz CT molecular complexity index is 316. The molecule has 0 radical (unpaired) electrons. The first-order valence-corrected chi connectivity index (χ1v) is 5.71. The van der Waals surface area contributed by atoms with Crippen molar-refractivity contribution in [2.24, 2.45) is 0 Å². The predicted octanol–water partition coefficient (Wildman–Crippen LogP) is 1.92. The van der Waals surface area contributed by atoms with E-state index >= 15 is 0 Å². The molecule has 0 aliphatic rings. The van der Waals surface area contributed by atoms with Crippen LogP contribution >= 0.6 is 15.9 Å². The van der Waals surface area contributed by atoms with Crippen LogP contribution in [0.1, 0.15) is 25.0 Å². The minimum Gasteiger partial charge on any atom is -0.512 e. The van der Waals surface area contributed by atoms with E-state index in [1.54, 1.807) is 0 Å². The fourth-order valence-electron chi connectivity index (χ4n) is 1.49. The average Bonchev–Trinajstić information content (AvgIpc) is 2.19. The fraction of sp³-hybridized carbons (Fsp3) is 0.400. The molecule has 0 saturated heterocycles. The molecule has 0 heterocycles. The number of halogens is 1. The molecule has 2 N–H and O–H groups in total. The quantitative estimate of drug-likeness (QED) is 0.824. The molecule has 1 rings (SSSR count). The second-order valence-electron chi connectivity index (χ2n) is 3.20. The summed E-state index contributed by atoms with van der Waals surface area (Å²) in [6.45, 7) is 4.00. The second kappa shape index (κ2) is 5.54. The Kier molecular flexibility index (Phi) is 4.63. The summed E-state index contributed by atoms with van der Waals surface area (Å²) in [6.07, 6.45) is 1.57. The molecule has 0 amide bonds. The van der Waals surface area contributed by atoms with Gasteiger partial charge in [-0.1, -0.05) is 29.8 Å². The van der Waals surface area contributed by atoms with Crippen LogP contribution in [-0.4, -0.2) is 17.4 Å². The molecule has 0 aliphatic heterocycles. The van der Waals surface area contributed by atoms with E-state index in [4.69, 9.17) is 14.7 Å². The number of benzene rings is 1. The SMILES string of the molecule is CCc1cc(Br)cc(CC)c1OB(O)O. The number of hydrogen-bond acceptors (Lipinski definition) is 3. The summed E-state index contributed by atoms with van der Waals surface area (Å²) >= 11 is 3.41. The zero-order valence-corrected chi connectivity index (χ0v) is 10.4. The van der Waals surface area contributed by atoms with Crippen molar-refractivity contribution in [2.75, 3.05) is 0 Å². The molecule has 0 bridgehead atoms. The topological polar surface area (TPSA) is 49.7 Å². The molecule has 0 unspecified atom stereocenters. The Morgan fingerprint density at radius 1 is 1.20 bits per heavy atom. The first-order valence-electron chi connectivity index (χ1n) is 4.92. The summed E-state index contributed by atoms with van der Waals surface area (Å²) in [6, 6.07) is 3.85. The summed E-state index contributed by atoms with van der Waals surface area (Å²) in [7, 11) is -1.76. The van der Waals surface area contributed by atoms with Gasteiger partial charge in [-0.25, -0.2) is 0 Å². The Balaban J connectivity index is 3.18. The molecule has 3 nitrogen and oxygen atoms in total. The third-order valence-corrected chi connectivity index (χ3v) is 2.65. The third-order valence-electron chi connectivity index (χ3n) is 2.19. The van der Waals surface area contributed by atoms with Crippen LogP contribution in [0.3, 0.4) is 0 Å². The lowest BCUT2D eigenvalue weighted by atomic mass is 10.0. The highest BCUT2D eigenvalue weighted by molar-refractivity contribution is 9.10. The van der Waals surface area contributed by atoms with Gasteiger partial charge in [-0.15, -0.1) is 0 Å². The lowest BCUT2D eigenvalue weighted by Crippen LogP contribution is -2.22. The molecule has 0 atom stereocenters. The molecule has 1 aromatic carbocycles. The Hall–Kier alpha value is -0.515. The van der Waals surface area contributed by atoms with Crippen LogP contribution in [0.5, 0.6) is 5.75 Å². The number of aryl methyl sites for hydroxylation is 2. The monoisotopic (exact) mass is 272 g/mol. The Morgan fingerprint density at radius 2 is 1.67 bits per heavy atom. The maximum absolute atomic E-state index is 8.84. The molecule has 5 heteroatoms. The highest BCUT2D eigenvalue weighted by atomic mass is 79.9. The molecular formula is C10H14BBrO3. The van der Waals surface area contributed by atoms with E-state index in [9.17, 15) is 0 Å². The van der Waals surface area contributed by atoms with E-state index in [2.05, 4.69) is 15.9 Å². The summed E-state index contributed by atoms with van der Waals surface area (Å²) in [5.74, 6) is 0.582. The van der Waals surface area contributed by atoms with E-state index in [1.165, 1.54) is 0 Å². The standard InChI is InChI=1S/C10H14BBrO3/c1-3-7-5-9(12)6-8(4-2)10(7)15-11(13)14/h5-6,13-14H,3-4H2,1-2H3. The Morgan fingerprint density at radius 3 is 2.00 bits per heavy atom.